The molecule has 0 fully saturated rings. The van der Waals surface area contributed by atoms with Gasteiger partial charge in [-0.15, -0.1) is 11.8 Å². The lowest BCUT2D eigenvalue weighted by molar-refractivity contribution is 0.356. The van der Waals surface area contributed by atoms with Gasteiger partial charge in [-0.1, -0.05) is 12.1 Å². The summed E-state index contributed by atoms with van der Waals surface area (Å²) in [6.45, 7) is 2.62. The summed E-state index contributed by atoms with van der Waals surface area (Å²) in [5.74, 6) is 12.5. The van der Waals surface area contributed by atoms with E-state index in [1.165, 1.54) is 11.1 Å². The third kappa shape index (κ3) is 2.19. The maximum absolute atomic E-state index is 5.54. The van der Waals surface area contributed by atoms with Crippen molar-refractivity contribution in [1.29, 1.82) is 0 Å². The molecule has 0 amide bonds. The lowest BCUT2D eigenvalue weighted by atomic mass is 10.0. The van der Waals surface area contributed by atoms with Gasteiger partial charge >= 0.3 is 0 Å². The number of benzene rings is 1. The SMILES string of the molecule is CC#CCC(NN)c1ccc2c(c1)CCO2. The van der Waals surface area contributed by atoms with Crippen LogP contribution < -0.4 is 16.0 Å². The first kappa shape index (κ1) is 11.0. The van der Waals surface area contributed by atoms with Crippen molar-refractivity contribution in [2.24, 2.45) is 5.84 Å². The van der Waals surface area contributed by atoms with Gasteiger partial charge < -0.3 is 4.74 Å². The van der Waals surface area contributed by atoms with Crippen molar-refractivity contribution in [3.8, 4) is 17.6 Å². The van der Waals surface area contributed by atoms with Gasteiger partial charge in [-0.2, -0.15) is 0 Å². The summed E-state index contributed by atoms with van der Waals surface area (Å²) in [5.41, 5.74) is 5.24. The Hall–Kier alpha value is -1.50. The summed E-state index contributed by atoms with van der Waals surface area (Å²) in [6, 6.07) is 6.32. The summed E-state index contributed by atoms with van der Waals surface area (Å²) in [4.78, 5) is 0. The molecule has 1 aliphatic heterocycles. The molecule has 0 saturated carbocycles. The van der Waals surface area contributed by atoms with Crippen molar-refractivity contribution in [2.45, 2.75) is 25.8 Å². The van der Waals surface area contributed by atoms with Gasteiger partial charge in [0.2, 0.25) is 0 Å². The van der Waals surface area contributed by atoms with Crippen LogP contribution in [0.5, 0.6) is 5.75 Å². The van der Waals surface area contributed by atoms with Gasteiger partial charge in [-0.25, -0.2) is 0 Å². The average molecular weight is 216 g/mol. The molecule has 3 nitrogen and oxygen atoms in total. The minimum Gasteiger partial charge on any atom is -0.493 e. The Morgan fingerprint density at radius 2 is 2.44 bits per heavy atom. The molecule has 3 N–H and O–H groups in total. The molecule has 1 atom stereocenters. The minimum atomic E-state index is 0.0957. The molecule has 0 spiro atoms. The topological polar surface area (TPSA) is 47.3 Å². The molecule has 3 heteroatoms. The van der Waals surface area contributed by atoms with Crippen molar-refractivity contribution >= 4 is 0 Å². The van der Waals surface area contributed by atoms with Crippen LogP contribution in [0.2, 0.25) is 0 Å². The second kappa shape index (κ2) is 5.02. The lowest BCUT2D eigenvalue weighted by Gasteiger charge is -2.14. The highest BCUT2D eigenvalue weighted by Gasteiger charge is 2.15. The van der Waals surface area contributed by atoms with Gasteiger partial charge in [-0.05, 0) is 24.1 Å². The first-order valence-electron chi connectivity index (χ1n) is 5.46. The number of hydrogen-bond donors (Lipinski definition) is 2. The van der Waals surface area contributed by atoms with Crippen LogP contribution in [-0.2, 0) is 6.42 Å². The summed E-state index contributed by atoms with van der Waals surface area (Å²) in [7, 11) is 0. The van der Waals surface area contributed by atoms with Crippen LogP contribution in [0.4, 0.5) is 0 Å². The molecule has 16 heavy (non-hydrogen) atoms. The molecule has 1 heterocycles. The van der Waals surface area contributed by atoms with Gasteiger partial charge in [-0.3, -0.25) is 11.3 Å². The fourth-order valence-electron chi connectivity index (χ4n) is 1.90. The molecule has 2 rings (SSSR count). The second-order valence-corrected chi connectivity index (χ2v) is 3.82. The van der Waals surface area contributed by atoms with Crippen LogP contribution in [-0.4, -0.2) is 6.61 Å². The Balaban J connectivity index is 2.20. The van der Waals surface area contributed by atoms with Gasteiger partial charge in [0, 0.05) is 12.8 Å². The Morgan fingerprint density at radius 3 is 3.19 bits per heavy atom. The predicted octanol–water partition coefficient (Wildman–Crippen LogP) is 1.54. The van der Waals surface area contributed by atoms with Gasteiger partial charge in [0.05, 0.1) is 12.6 Å². The molecule has 1 aromatic rings. The zero-order chi connectivity index (χ0) is 11.4. The number of fused-ring (bicyclic) bond motifs is 1. The number of nitrogens with two attached hydrogens (primary N) is 1. The summed E-state index contributed by atoms with van der Waals surface area (Å²) >= 11 is 0. The summed E-state index contributed by atoms with van der Waals surface area (Å²) in [5, 5.41) is 0. The maximum atomic E-state index is 5.54. The van der Waals surface area contributed by atoms with E-state index in [1.54, 1.807) is 0 Å². The molecule has 0 saturated heterocycles. The van der Waals surface area contributed by atoms with E-state index in [4.69, 9.17) is 10.6 Å². The highest BCUT2D eigenvalue weighted by atomic mass is 16.5. The Morgan fingerprint density at radius 1 is 1.56 bits per heavy atom. The van der Waals surface area contributed by atoms with Crippen molar-refractivity contribution in [1.82, 2.24) is 5.43 Å². The van der Waals surface area contributed by atoms with E-state index >= 15 is 0 Å². The molecule has 1 aliphatic rings. The number of ether oxygens (including phenoxy) is 1. The Kier molecular flexibility index (Phi) is 3.45. The zero-order valence-corrected chi connectivity index (χ0v) is 9.42. The monoisotopic (exact) mass is 216 g/mol. The molecule has 0 bridgehead atoms. The van der Waals surface area contributed by atoms with E-state index in [9.17, 15) is 0 Å². The predicted molar refractivity (Wildman–Crippen MR) is 63.8 cm³/mol. The van der Waals surface area contributed by atoms with Gasteiger partial charge in [0.25, 0.3) is 0 Å². The molecular weight excluding hydrogens is 200 g/mol. The summed E-state index contributed by atoms with van der Waals surface area (Å²) in [6.07, 6.45) is 1.71. The highest BCUT2D eigenvalue weighted by molar-refractivity contribution is 5.41. The largest absolute Gasteiger partial charge is 0.493 e. The third-order valence-electron chi connectivity index (χ3n) is 2.80. The molecule has 0 aromatic heterocycles. The molecule has 84 valence electrons. The summed E-state index contributed by atoms with van der Waals surface area (Å²) < 4.78 is 5.47. The fraction of sp³-hybridized carbons (Fsp3) is 0.385. The number of hydrazine groups is 1. The van der Waals surface area contributed by atoms with E-state index in [-0.39, 0.29) is 6.04 Å². The Bertz CT molecular complexity index is 431. The number of nitrogens with one attached hydrogen (secondary N) is 1. The smallest absolute Gasteiger partial charge is 0.122 e. The van der Waals surface area contributed by atoms with Crippen LogP contribution in [0.25, 0.3) is 0 Å². The standard InChI is InChI=1S/C13H16N2O/c1-2-3-4-12(15-14)10-5-6-13-11(9-10)7-8-16-13/h5-6,9,12,15H,4,7-8,14H2,1H3. The number of hydrogen-bond acceptors (Lipinski definition) is 3. The quantitative estimate of drug-likeness (QED) is 0.458. The van der Waals surface area contributed by atoms with E-state index in [0.29, 0.717) is 0 Å². The van der Waals surface area contributed by atoms with E-state index < -0.39 is 0 Å². The lowest BCUT2D eigenvalue weighted by Crippen LogP contribution is -2.27. The minimum absolute atomic E-state index is 0.0957. The van der Waals surface area contributed by atoms with Crippen molar-refractivity contribution in [3.63, 3.8) is 0 Å². The van der Waals surface area contributed by atoms with E-state index in [2.05, 4.69) is 23.3 Å². The first-order chi connectivity index (χ1) is 7.85. The normalized spacial score (nSPS) is 14.6. The molecule has 1 aromatic carbocycles. The van der Waals surface area contributed by atoms with Crippen LogP contribution in [0.15, 0.2) is 18.2 Å². The number of rotatable bonds is 3. The van der Waals surface area contributed by atoms with E-state index in [0.717, 1.165) is 25.2 Å². The van der Waals surface area contributed by atoms with Gasteiger partial charge in [0.15, 0.2) is 0 Å². The average Bonchev–Trinajstić information content (AvgIpc) is 2.77. The zero-order valence-electron chi connectivity index (χ0n) is 9.42. The first-order valence-corrected chi connectivity index (χ1v) is 5.46. The third-order valence-corrected chi connectivity index (χ3v) is 2.80. The molecule has 0 aliphatic carbocycles. The van der Waals surface area contributed by atoms with Crippen LogP contribution in [0.1, 0.15) is 30.5 Å². The van der Waals surface area contributed by atoms with Crippen LogP contribution in [0.3, 0.4) is 0 Å². The second-order valence-electron chi connectivity index (χ2n) is 3.82. The highest BCUT2D eigenvalue weighted by Crippen LogP contribution is 2.28. The molecular formula is C13H16N2O. The van der Waals surface area contributed by atoms with Crippen LogP contribution in [0, 0.1) is 11.8 Å². The Labute approximate surface area is 96.0 Å². The van der Waals surface area contributed by atoms with Crippen molar-refractivity contribution in [3.05, 3.63) is 29.3 Å². The van der Waals surface area contributed by atoms with Crippen molar-refractivity contribution < 1.29 is 4.74 Å². The van der Waals surface area contributed by atoms with Crippen LogP contribution >= 0.6 is 0 Å². The van der Waals surface area contributed by atoms with Gasteiger partial charge in [0.1, 0.15) is 5.75 Å². The fourth-order valence-corrected chi connectivity index (χ4v) is 1.90. The molecule has 1 unspecified atom stereocenters. The van der Waals surface area contributed by atoms with Crippen molar-refractivity contribution in [2.75, 3.05) is 6.61 Å². The molecule has 0 radical (unpaired) electrons. The maximum Gasteiger partial charge on any atom is 0.122 e. The van der Waals surface area contributed by atoms with E-state index in [1.807, 2.05) is 19.1 Å².